The van der Waals surface area contributed by atoms with Gasteiger partial charge in [0, 0.05) is 11.8 Å². The number of imidazole rings is 1. The molecular weight excluding hydrogens is 348 g/mol. The van der Waals surface area contributed by atoms with Crippen molar-refractivity contribution in [1.29, 1.82) is 0 Å². The van der Waals surface area contributed by atoms with Gasteiger partial charge in [0.05, 0.1) is 28.9 Å². The smallest absolute Gasteiger partial charge is 0.214 e. The average Bonchev–Trinajstić information content (AvgIpc) is 3.43. The predicted molar refractivity (Wildman–Crippen MR) is 101 cm³/mol. The van der Waals surface area contributed by atoms with Gasteiger partial charge in [-0.1, -0.05) is 35.9 Å². The highest BCUT2D eigenvalue weighted by Crippen LogP contribution is 2.30. The van der Waals surface area contributed by atoms with Crippen LogP contribution < -0.4 is 4.72 Å². The Morgan fingerprint density at radius 1 is 1.15 bits per heavy atom. The molecule has 0 aliphatic heterocycles. The van der Waals surface area contributed by atoms with E-state index in [2.05, 4.69) is 19.7 Å². The molecule has 1 aromatic carbocycles. The second kappa shape index (κ2) is 6.66. The lowest BCUT2D eigenvalue weighted by molar-refractivity contribution is 0.578. The lowest BCUT2D eigenvalue weighted by atomic mass is 10.1. The van der Waals surface area contributed by atoms with Crippen molar-refractivity contribution in [3.63, 3.8) is 0 Å². The number of H-pyrrole nitrogens is 1. The summed E-state index contributed by atoms with van der Waals surface area (Å²) >= 11 is 0. The Labute approximate surface area is 152 Å². The van der Waals surface area contributed by atoms with Gasteiger partial charge in [-0.25, -0.2) is 18.1 Å². The minimum absolute atomic E-state index is 0.143. The van der Waals surface area contributed by atoms with Gasteiger partial charge in [0.25, 0.3) is 0 Å². The molecule has 0 unspecified atom stereocenters. The van der Waals surface area contributed by atoms with E-state index in [-0.39, 0.29) is 11.8 Å². The molecule has 0 radical (unpaired) electrons. The number of hydrogen-bond donors (Lipinski definition) is 2. The number of nitrogens with one attached hydrogen (secondary N) is 2. The van der Waals surface area contributed by atoms with Crippen molar-refractivity contribution < 1.29 is 8.42 Å². The fraction of sp³-hybridized carbons (Fsp3) is 0.263. The van der Waals surface area contributed by atoms with E-state index < -0.39 is 10.0 Å². The van der Waals surface area contributed by atoms with E-state index in [0.29, 0.717) is 5.82 Å². The summed E-state index contributed by atoms with van der Waals surface area (Å²) < 4.78 is 26.8. The van der Waals surface area contributed by atoms with E-state index in [1.165, 1.54) is 5.56 Å². The summed E-state index contributed by atoms with van der Waals surface area (Å²) in [7, 11) is -3.25. The Morgan fingerprint density at radius 3 is 2.58 bits per heavy atom. The molecule has 2 aromatic heterocycles. The van der Waals surface area contributed by atoms with E-state index in [1.54, 1.807) is 6.20 Å². The van der Waals surface area contributed by atoms with Crippen LogP contribution in [0.25, 0.3) is 22.6 Å². The van der Waals surface area contributed by atoms with Gasteiger partial charge < -0.3 is 4.98 Å². The van der Waals surface area contributed by atoms with Crippen LogP contribution in [0, 0.1) is 6.92 Å². The largest absolute Gasteiger partial charge is 0.339 e. The van der Waals surface area contributed by atoms with Crippen LogP contribution in [0.2, 0.25) is 0 Å². The Balaban J connectivity index is 1.69. The minimum Gasteiger partial charge on any atom is -0.339 e. The highest BCUT2D eigenvalue weighted by molar-refractivity contribution is 7.90. The van der Waals surface area contributed by atoms with Crippen LogP contribution in [-0.4, -0.2) is 28.6 Å². The first kappa shape index (κ1) is 16.9. The van der Waals surface area contributed by atoms with E-state index >= 15 is 0 Å². The molecule has 7 heteroatoms. The third kappa shape index (κ3) is 3.54. The lowest BCUT2D eigenvalue weighted by Gasteiger charge is -2.02. The molecule has 1 saturated carbocycles. The van der Waals surface area contributed by atoms with Gasteiger partial charge in [0.1, 0.15) is 5.82 Å². The van der Waals surface area contributed by atoms with Crippen molar-refractivity contribution in [2.75, 3.05) is 0 Å². The number of benzene rings is 1. The summed E-state index contributed by atoms with van der Waals surface area (Å²) in [6, 6.07) is 13.8. The normalized spacial score (nSPS) is 14.5. The maximum atomic E-state index is 12.1. The molecule has 2 heterocycles. The standard InChI is InChI=1S/C19H20N4O2S/c1-13-5-7-14(8-6-13)18-19(16-4-2-3-11-20-16)23-17(22-18)12-21-26(24,25)15-9-10-15/h2-8,11,15,21H,9-10,12H2,1H3,(H,22,23). The highest BCUT2D eigenvalue weighted by Gasteiger charge is 2.35. The summed E-state index contributed by atoms with van der Waals surface area (Å²) in [5.41, 5.74) is 4.45. The summed E-state index contributed by atoms with van der Waals surface area (Å²) in [5, 5.41) is -0.246. The van der Waals surface area contributed by atoms with Crippen molar-refractivity contribution in [2.24, 2.45) is 0 Å². The SMILES string of the molecule is Cc1ccc(-c2nc(CNS(=O)(=O)C3CC3)[nH]c2-c2ccccn2)cc1. The lowest BCUT2D eigenvalue weighted by Crippen LogP contribution is -2.27. The van der Waals surface area contributed by atoms with Gasteiger partial charge in [-0.05, 0) is 31.9 Å². The van der Waals surface area contributed by atoms with Gasteiger partial charge >= 0.3 is 0 Å². The van der Waals surface area contributed by atoms with E-state index in [0.717, 1.165) is 35.5 Å². The van der Waals surface area contributed by atoms with Crippen LogP contribution >= 0.6 is 0 Å². The molecule has 1 fully saturated rings. The summed E-state index contributed by atoms with van der Waals surface area (Å²) in [6.45, 7) is 2.18. The summed E-state index contributed by atoms with van der Waals surface area (Å²) in [6.07, 6.45) is 3.20. The fourth-order valence-electron chi connectivity index (χ4n) is 2.79. The fourth-order valence-corrected chi connectivity index (χ4v) is 4.12. The van der Waals surface area contributed by atoms with Gasteiger partial charge in [-0.15, -0.1) is 0 Å². The van der Waals surface area contributed by atoms with Crippen molar-refractivity contribution >= 4 is 10.0 Å². The molecule has 3 aromatic rings. The number of rotatable bonds is 6. The zero-order valence-corrected chi connectivity index (χ0v) is 15.3. The van der Waals surface area contributed by atoms with Crippen LogP contribution in [0.5, 0.6) is 0 Å². The van der Waals surface area contributed by atoms with Gasteiger partial charge in [0.15, 0.2) is 0 Å². The van der Waals surface area contributed by atoms with Crippen molar-refractivity contribution in [2.45, 2.75) is 31.6 Å². The van der Waals surface area contributed by atoms with Crippen LogP contribution in [-0.2, 0) is 16.6 Å². The van der Waals surface area contributed by atoms with Crippen LogP contribution in [0.4, 0.5) is 0 Å². The molecule has 0 spiro atoms. The predicted octanol–water partition coefficient (Wildman–Crippen LogP) is 3.03. The van der Waals surface area contributed by atoms with Crippen LogP contribution in [0.15, 0.2) is 48.7 Å². The van der Waals surface area contributed by atoms with Crippen molar-refractivity contribution in [3.05, 3.63) is 60.0 Å². The highest BCUT2D eigenvalue weighted by atomic mass is 32.2. The minimum atomic E-state index is -3.25. The molecule has 0 saturated heterocycles. The monoisotopic (exact) mass is 368 g/mol. The molecule has 0 atom stereocenters. The molecule has 1 aliphatic carbocycles. The van der Waals surface area contributed by atoms with E-state index in [1.807, 2.05) is 49.4 Å². The first-order valence-corrected chi connectivity index (χ1v) is 10.1. The Kier molecular flexibility index (Phi) is 4.34. The molecule has 0 amide bonds. The number of aryl methyl sites for hydroxylation is 1. The number of pyridine rings is 1. The number of aromatic nitrogens is 3. The zero-order chi connectivity index (χ0) is 18.1. The number of aromatic amines is 1. The van der Waals surface area contributed by atoms with E-state index in [4.69, 9.17) is 0 Å². The van der Waals surface area contributed by atoms with Gasteiger partial charge in [-0.3, -0.25) is 4.98 Å². The third-order valence-corrected chi connectivity index (χ3v) is 6.30. The Hall–Kier alpha value is -2.51. The summed E-state index contributed by atoms with van der Waals surface area (Å²) in [5.74, 6) is 0.574. The Morgan fingerprint density at radius 2 is 1.92 bits per heavy atom. The average molecular weight is 368 g/mol. The third-order valence-electron chi connectivity index (χ3n) is 4.40. The zero-order valence-electron chi connectivity index (χ0n) is 14.4. The maximum absolute atomic E-state index is 12.1. The first-order valence-electron chi connectivity index (χ1n) is 8.59. The molecule has 6 nitrogen and oxygen atoms in total. The van der Waals surface area contributed by atoms with Gasteiger partial charge in [0.2, 0.25) is 10.0 Å². The van der Waals surface area contributed by atoms with Gasteiger partial charge in [-0.2, -0.15) is 0 Å². The first-order chi connectivity index (χ1) is 12.5. The molecule has 0 bridgehead atoms. The molecular formula is C19H20N4O2S. The maximum Gasteiger partial charge on any atom is 0.214 e. The number of hydrogen-bond acceptors (Lipinski definition) is 4. The van der Waals surface area contributed by atoms with Crippen molar-refractivity contribution in [1.82, 2.24) is 19.7 Å². The number of nitrogens with zero attached hydrogens (tertiary/aromatic N) is 2. The van der Waals surface area contributed by atoms with Crippen molar-refractivity contribution in [3.8, 4) is 22.6 Å². The molecule has 4 rings (SSSR count). The van der Waals surface area contributed by atoms with Crippen LogP contribution in [0.3, 0.4) is 0 Å². The van der Waals surface area contributed by atoms with E-state index in [9.17, 15) is 8.42 Å². The van der Waals surface area contributed by atoms with Crippen LogP contribution in [0.1, 0.15) is 24.2 Å². The molecule has 2 N–H and O–H groups in total. The number of sulfonamides is 1. The topological polar surface area (TPSA) is 87.7 Å². The Bertz CT molecular complexity index is 1010. The molecule has 26 heavy (non-hydrogen) atoms. The second-order valence-electron chi connectivity index (χ2n) is 6.55. The summed E-state index contributed by atoms with van der Waals surface area (Å²) in [4.78, 5) is 12.3. The quantitative estimate of drug-likeness (QED) is 0.700. The second-order valence-corrected chi connectivity index (χ2v) is 8.60. The molecule has 1 aliphatic rings. The molecule has 134 valence electrons.